The van der Waals surface area contributed by atoms with Crippen molar-refractivity contribution in [2.24, 2.45) is 0 Å². The highest BCUT2D eigenvalue weighted by molar-refractivity contribution is 9.10. The molecule has 3 heterocycles. The third-order valence-electron chi connectivity index (χ3n) is 4.23. The summed E-state index contributed by atoms with van der Waals surface area (Å²) >= 11 is 3.62. The fourth-order valence-corrected chi connectivity index (χ4v) is 3.81. The van der Waals surface area contributed by atoms with E-state index in [1.54, 1.807) is 0 Å². The largest absolute Gasteiger partial charge is 0.322 e. The zero-order chi connectivity index (χ0) is 12.4. The van der Waals surface area contributed by atoms with Gasteiger partial charge in [0, 0.05) is 18.8 Å². The first-order valence-electron chi connectivity index (χ1n) is 7.31. The van der Waals surface area contributed by atoms with E-state index in [2.05, 4.69) is 25.4 Å². The van der Waals surface area contributed by atoms with Crippen molar-refractivity contribution in [1.29, 1.82) is 0 Å². The van der Waals surface area contributed by atoms with Crippen molar-refractivity contribution in [2.75, 3.05) is 13.1 Å². The number of hydrogen-bond acceptors (Lipinski definition) is 2. The molecule has 1 saturated heterocycles. The number of imidazole rings is 1. The summed E-state index contributed by atoms with van der Waals surface area (Å²) in [7, 11) is 0. The van der Waals surface area contributed by atoms with Crippen LogP contribution in [0.5, 0.6) is 0 Å². The van der Waals surface area contributed by atoms with Crippen LogP contribution in [-0.4, -0.2) is 27.5 Å². The fourth-order valence-electron chi connectivity index (χ4n) is 3.20. The van der Waals surface area contributed by atoms with E-state index in [0.29, 0.717) is 0 Å². The van der Waals surface area contributed by atoms with Crippen LogP contribution in [0.4, 0.5) is 0 Å². The van der Waals surface area contributed by atoms with Crippen LogP contribution in [0.3, 0.4) is 0 Å². The average molecular weight is 312 g/mol. The number of likely N-dealkylation sites (tertiary alicyclic amines) is 1. The van der Waals surface area contributed by atoms with Gasteiger partial charge >= 0.3 is 0 Å². The van der Waals surface area contributed by atoms with Crippen molar-refractivity contribution in [2.45, 2.75) is 58.0 Å². The molecular formula is C14H22BrN3. The molecule has 1 fully saturated rings. The second-order valence-corrected chi connectivity index (χ2v) is 6.28. The predicted molar refractivity (Wildman–Crippen MR) is 76.6 cm³/mol. The highest BCUT2D eigenvalue weighted by Crippen LogP contribution is 2.25. The van der Waals surface area contributed by atoms with Crippen molar-refractivity contribution in [1.82, 2.24) is 14.5 Å². The minimum Gasteiger partial charge on any atom is -0.322 e. The molecule has 0 radical (unpaired) electrons. The molecule has 0 amide bonds. The molecular weight excluding hydrogens is 290 g/mol. The Morgan fingerprint density at radius 2 is 1.67 bits per heavy atom. The monoisotopic (exact) mass is 311 g/mol. The molecule has 0 saturated carbocycles. The Labute approximate surface area is 118 Å². The zero-order valence-corrected chi connectivity index (χ0v) is 12.6. The van der Waals surface area contributed by atoms with Crippen molar-refractivity contribution < 1.29 is 0 Å². The molecule has 0 atom stereocenters. The molecule has 2 aliphatic heterocycles. The van der Waals surface area contributed by atoms with Gasteiger partial charge in [-0.25, -0.2) is 4.98 Å². The van der Waals surface area contributed by atoms with E-state index in [0.717, 1.165) is 17.8 Å². The first kappa shape index (κ1) is 12.7. The molecule has 100 valence electrons. The molecule has 3 rings (SSSR count). The molecule has 18 heavy (non-hydrogen) atoms. The second-order valence-electron chi connectivity index (χ2n) is 5.57. The lowest BCUT2D eigenvalue weighted by Gasteiger charge is -2.21. The number of hydrogen-bond donors (Lipinski definition) is 0. The maximum absolute atomic E-state index is 4.75. The quantitative estimate of drug-likeness (QED) is 0.835. The molecule has 3 nitrogen and oxygen atoms in total. The summed E-state index contributed by atoms with van der Waals surface area (Å²) in [4.78, 5) is 7.35. The number of aromatic nitrogens is 2. The van der Waals surface area contributed by atoms with E-state index >= 15 is 0 Å². The number of halogens is 1. The molecule has 0 bridgehead atoms. The van der Waals surface area contributed by atoms with Crippen LogP contribution in [0.1, 0.15) is 49.9 Å². The summed E-state index contributed by atoms with van der Waals surface area (Å²) in [5.74, 6) is 0. The zero-order valence-electron chi connectivity index (χ0n) is 11.0. The average Bonchev–Trinajstić information content (AvgIpc) is 2.58. The van der Waals surface area contributed by atoms with Gasteiger partial charge in [0.2, 0.25) is 0 Å². The van der Waals surface area contributed by atoms with Gasteiger partial charge in [-0.2, -0.15) is 0 Å². The first-order chi connectivity index (χ1) is 8.84. The maximum atomic E-state index is 4.75. The highest BCUT2D eigenvalue weighted by Gasteiger charge is 2.20. The van der Waals surface area contributed by atoms with E-state index < -0.39 is 0 Å². The molecule has 0 unspecified atom stereocenters. The van der Waals surface area contributed by atoms with Crippen molar-refractivity contribution in [3.8, 4) is 0 Å². The van der Waals surface area contributed by atoms with E-state index in [-0.39, 0.29) is 0 Å². The third-order valence-corrected chi connectivity index (χ3v) is 4.83. The summed E-state index contributed by atoms with van der Waals surface area (Å²) in [6.07, 6.45) is 9.36. The molecule has 0 spiro atoms. The smallest absolute Gasteiger partial charge is 0.177 e. The minimum atomic E-state index is 1.04. The van der Waals surface area contributed by atoms with Gasteiger partial charge in [-0.1, -0.05) is 12.8 Å². The molecule has 0 aromatic carbocycles. The molecule has 2 aliphatic rings. The molecule has 1 aromatic heterocycles. The van der Waals surface area contributed by atoms with Gasteiger partial charge in [0.25, 0.3) is 0 Å². The lowest BCUT2D eigenvalue weighted by Crippen LogP contribution is -2.25. The molecule has 1 aromatic rings. The second kappa shape index (κ2) is 5.74. The van der Waals surface area contributed by atoms with Crippen molar-refractivity contribution in [3.05, 3.63) is 16.1 Å². The Balaban J connectivity index is 1.75. The summed E-state index contributed by atoms with van der Waals surface area (Å²) in [5.41, 5.74) is 2.81. The summed E-state index contributed by atoms with van der Waals surface area (Å²) in [6, 6.07) is 0. The van der Waals surface area contributed by atoms with E-state index in [4.69, 9.17) is 4.98 Å². The predicted octanol–water partition coefficient (Wildman–Crippen LogP) is 3.36. The Kier molecular flexibility index (Phi) is 4.04. The number of nitrogens with zero attached hydrogens (tertiary/aromatic N) is 3. The van der Waals surface area contributed by atoms with Crippen molar-refractivity contribution in [3.63, 3.8) is 0 Å². The van der Waals surface area contributed by atoms with Crippen LogP contribution < -0.4 is 0 Å². The lowest BCUT2D eigenvalue weighted by atomic mass is 10.1. The number of rotatable bonds is 2. The Hall–Kier alpha value is -0.350. The minimum absolute atomic E-state index is 1.04. The lowest BCUT2D eigenvalue weighted by molar-refractivity contribution is 0.272. The van der Waals surface area contributed by atoms with Crippen LogP contribution in [0.2, 0.25) is 0 Å². The Bertz CT molecular complexity index is 405. The number of fused-ring (bicyclic) bond motifs is 1. The molecule has 0 N–H and O–H groups in total. The van der Waals surface area contributed by atoms with E-state index in [1.807, 2.05) is 0 Å². The van der Waals surface area contributed by atoms with Gasteiger partial charge < -0.3 is 4.57 Å². The van der Waals surface area contributed by atoms with Crippen LogP contribution in [0.15, 0.2) is 4.73 Å². The molecule has 0 aliphatic carbocycles. The highest BCUT2D eigenvalue weighted by atomic mass is 79.9. The third kappa shape index (κ3) is 2.64. The Morgan fingerprint density at radius 3 is 2.44 bits per heavy atom. The van der Waals surface area contributed by atoms with Gasteiger partial charge in [0.05, 0.1) is 5.69 Å². The van der Waals surface area contributed by atoms with Crippen LogP contribution >= 0.6 is 15.9 Å². The van der Waals surface area contributed by atoms with E-state index in [9.17, 15) is 0 Å². The first-order valence-corrected chi connectivity index (χ1v) is 8.10. The fraction of sp³-hybridized carbons (Fsp3) is 0.786. The van der Waals surface area contributed by atoms with Crippen LogP contribution in [0, 0.1) is 0 Å². The van der Waals surface area contributed by atoms with Gasteiger partial charge in [-0.15, -0.1) is 0 Å². The normalized spacial score (nSPS) is 21.6. The van der Waals surface area contributed by atoms with Crippen LogP contribution in [-0.2, 0) is 19.5 Å². The standard InChI is InChI=1S/C14H22BrN3/c15-14-16-12(13-7-3-6-10-18(13)14)11-17-8-4-1-2-5-9-17/h1-11H2. The topological polar surface area (TPSA) is 21.1 Å². The van der Waals surface area contributed by atoms with Crippen LogP contribution in [0.25, 0.3) is 0 Å². The SMILES string of the molecule is Brc1nc(CN2CCCCCC2)c2n1CCCC2. The van der Waals surface area contributed by atoms with Gasteiger partial charge in [0.15, 0.2) is 4.73 Å². The molecule has 4 heteroatoms. The van der Waals surface area contributed by atoms with E-state index in [1.165, 1.54) is 69.4 Å². The maximum Gasteiger partial charge on any atom is 0.177 e. The Morgan fingerprint density at radius 1 is 0.944 bits per heavy atom. The summed E-state index contributed by atoms with van der Waals surface area (Å²) in [6.45, 7) is 4.71. The van der Waals surface area contributed by atoms with Gasteiger partial charge in [-0.3, -0.25) is 4.90 Å². The van der Waals surface area contributed by atoms with Gasteiger partial charge in [-0.05, 0) is 61.1 Å². The van der Waals surface area contributed by atoms with Crippen molar-refractivity contribution >= 4 is 15.9 Å². The van der Waals surface area contributed by atoms with Gasteiger partial charge in [0.1, 0.15) is 0 Å². The summed E-state index contributed by atoms with van der Waals surface area (Å²) < 4.78 is 3.42. The summed E-state index contributed by atoms with van der Waals surface area (Å²) in [5, 5.41) is 0.